The van der Waals surface area contributed by atoms with Crippen molar-refractivity contribution in [3.8, 4) is 0 Å². The highest BCUT2D eigenvalue weighted by molar-refractivity contribution is 9.10. The summed E-state index contributed by atoms with van der Waals surface area (Å²) in [5, 5.41) is 23.6. The lowest BCUT2D eigenvalue weighted by atomic mass is 10.1. The quantitative estimate of drug-likeness (QED) is 0.213. The second kappa shape index (κ2) is 10.2. The Labute approximate surface area is 218 Å². The fraction of sp³-hybridized carbons (Fsp3) is 0.174. The lowest BCUT2D eigenvalue weighted by Crippen LogP contribution is -2.13. The highest BCUT2D eigenvalue weighted by Gasteiger charge is 2.21. The maximum Gasteiger partial charge on any atom is 0.312 e. The summed E-state index contributed by atoms with van der Waals surface area (Å²) < 4.78 is 3.89. The van der Waals surface area contributed by atoms with Gasteiger partial charge in [0, 0.05) is 11.8 Å². The minimum atomic E-state index is -0.425. The monoisotopic (exact) mass is 576 g/mol. The molecule has 0 radical (unpaired) electrons. The third-order valence-corrected chi connectivity index (χ3v) is 6.67. The van der Waals surface area contributed by atoms with Crippen LogP contribution in [0.1, 0.15) is 32.9 Å². The topological polar surface area (TPSA) is 108 Å². The summed E-state index contributed by atoms with van der Waals surface area (Å²) in [6.07, 6.45) is 1.76. The maximum absolute atomic E-state index is 12.8. The molecule has 35 heavy (non-hydrogen) atoms. The lowest BCUT2D eigenvalue weighted by molar-refractivity contribution is -0.386. The molecule has 12 heteroatoms. The smallest absolute Gasteiger partial charge is 0.304 e. The third kappa shape index (κ3) is 5.55. The number of nitrogens with one attached hydrogen (secondary N) is 1. The predicted molar refractivity (Wildman–Crippen MR) is 137 cm³/mol. The fourth-order valence-corrected chi connectivity index (χ4v) is 4.34. The molecule has 0 saturated heterocycles. The van der Waals surface area contributed by atoms with Gasteiger partial charge in [-0.2, -0.15) is 10.2 Å². The van der Waals surface area contributed by atoms with Crippen molar-refractivity contribution in [1.82, 2.24) is 19.6 Å². The van der Waals surface area contributed by atoms with E-state index in [1.807, 2.05) is 6.07 Å². The van der Waals surface area contributed by atoms with Crippen LogP contribution in [0.2, 0.25) is 10.0 Å². The van der Waals surface area contributed by atoms with E-state index < -0.39 is 4.92 Å². The molecule has 4 rings (SSSR count). The van der Waals surface area contributed by atoms with Gasteiger partial charge in [0.1, 0.15) is 11.4 Å². The Morgan fingerprint density at radius 2 is 1.74 bits per heavy atom. The summed E-state index contributed by atoms with van der Waals surface area (Å²) in [6, 6.07) is 12.3. The van der Waals surface area contributed by atoms with Gasteiger partial charge in [-0.3, -0.25) is 24.3 Å². The van der Waals surface area contributed by atoms with E-state index in [9.17, 15) is 14.9 Å². The number of rotatable bonds is 7. The zero-order valence-electron chi connectivity index (χ0n) is 18.6. The number of aromatic nitrogens is 4. The number of aryl methyl sites for hydroxylation is 1. The number of nitrogens with zero attached hydrogens (tertiary/aromatic N) is 5. The second-order valence-corrected chi connectivity index (χ2v) is 9.53. The SMILES string of the molecule is Cc1nn(Cc2ccc(C(=O)Nc3nn(Cc4ccc(Cl)c(Cl)c4)cc3Br)cc2)c(C)c1[N+](=O)[O-]. The van der Waals surface area contributed by atoms with Crippen LogP contribution < -0.4 is 5.32 Å². The van der Waals surface area contributed by atoms with Crippen molar-refractivity contribution < 1.29 is 9.72 Å². The number of hydrogen-bond donors (Lipinski definition) is 1. The van der Waals surface area contributed by atoms with Gasteiger partial charge in [0.05, 0.1) is 32.5 Å². The van der Waals surface area contributed by atoms with Crippen LogP contribution in [-0.4, -0.2) is 30.4 Å². The molecule has 0 spiro atoms. The number of hydrogen-bond acceptors (Lipinski definition) is 5. The summed E-state index contributed by atoms with van der Waals surface area (Å²) in [5.74, 6) is 0.0628. The molecule has 2 aromatic carbocycles. The Hall–Kier alpha value is -3.21. The summed E-state index contributed by atoms with van der Waals surface area (Å²) in [5.41, 5.74) is 3.08. The van der Waals surface area contributed by atoms with Crippen LogP contribution in [-0.2, 0) is 13.1 Å². The molecule has 0 saturated carbocycles. The maximum atomic E-state index is 12.8. The van der Waals surface area contributed by atoms with Gasteiger partial charge in [0.25, 0.3) is 5.91 Å². The van der Waals surface area contributed by atoms with E-state index in [-0.39, 0.29) is 11.6 Å². The van der Waals surface area contributed by atoms with Crippen LogP contribution >= 0.6 is 39.1 Å². The van der Waals surface area contributed by atoms with Gasteiger partial charge < -0.3 is 5.32 Å². The first-order valence-corrected chi connectivity index (χ1v) is 11.9. The number of nitro groups is 1. The van der Waals surface area contributed by atoms with Crippen LogP contribution in [0.15, 0.2) is 53.1 Å². The summed E-state index contributed by atoms with van der Waals surface area (Å²) >= 11 is 15.5. The normalized spacial score (nSPS) is 11.0. The first-order chi connectivity index (χ1) is 16.6. The van der Waals surface area contributed by atoms with Crippen LogP contribution in [0.3, 0.4) is 0 Å². The number of carbonyl (C=O) groups excluding carboxylic acids is 1. The van der Waals surface area contributed by atoms with Crippen molar-refractivity contribution in [3.05, 3.63) is 101 Å². The number of carbonyl (C=O) groups is 1. The molecule has 0 aliphatic rings. The summed E-state index contributed by atoms with van der Waals surface area (Å²) in [7, 11) is 0. The Balaban J connectivity index is 1.43. The van der Waals surface area contributed by atoms with E-state index in [1.165, 1.54) is 0 Å². The zero-order chi connectivity index (χ0) is 25.3. The average Bonchev–Trinajstić information content (AvgIpc) is 3.28. The Morgan fingerprint density at radius 1 is 1.06 bits per heavy atom. The minimum absolute atomic E-state index is 0.0187. The van der Waals surface area contributed by atoms with E-state index in [4.69, 9.17) is 23.2 Å². The van der Waals surface area contributed by atoms with E-state index in [0.29, 0.717) is 50.4 Å². The van der Waals surface area contributed by atoms with Crippen LogP contribution in [0, 0.1) is 24.0 Å². The predicted octanol–water partition coefficient (Wildman–Crippen LogP) is 6.02. The first-order valence-electron chi connectivity index (χ1n) is 10.4. The van der Waals surface area contributed by atoms with Crippen molar-refractivity contribution in [1.29, 1.82) is 0 Å². The Morgan fingerprint density at radius 3 is 2.37 bits per heavy atom. The van der Waals surface area contributed by atoms with Gasteiger partial charge in [-0.05, 0) is 65.2 Å². The van der Waals surface area contributed by atoms with Crippen molar-refractivity contribution in [2.45, 2.75) is 26.9 Å². The number of anilines is 1. The molecule has 1 N–H and O–H groups in total. The molecular formula is C23H19BrCl2N6O3. The molecule has 0 aliphatic heterocycles. The van der Waals surface area contributed by atoms with Gasteiger partial charge in [0.15, 0.2) is 5.82 Å². The molecule has 2 heterocycles. The largest absolute Gasteiger partial charge is 0.312 e. The molecule has 0 fully saturated rings. The van der Waals surface area contributed by atoms with E-state index >= 15 is 0 Å². The zero-order valence-corrected chi connectivity index (χ0v) is 21.7. The number of amides is 1. The van der Waals surface area contributed by atoms with Crippen LogP contribution in [0.5, 0.6) is 0 Å². The van der Waals surface area contributed by atoms with Crippen LogP contribution in [0.4, 0.5) is 11.5 Å². The van der Waals surface area contributed by atoms with Crippen molar-refractivity contribution in [2.24, 2.45) is 0 Å². The van der Waals surface area contributed by atoms with Crippen LogP contribution in [0.25, 0.3) is 0 Å². The average molecular weight is 578 g/mol. The van der Waals surface area contributed by atoms with E-state index in [2.05, 4.69) is 31.4 Å². The molecule has 0 unspecified atom stereocenters. The lowest BCUT2D eigenvalue weighted by Gasteiger charge is -2.07. The second-order valence-electron chi connectivity index (χ2n) is 7.86. The third-order valence-electron chi connectivity index (χ3n) is 5.35. The Bertz CT molecular complexity index is 1430. The molecule has 0 bridgehead atoms. The molecule has 0 atom stereocenters. The van der Waals surface area contributed by atoms with E-state index in [1.54, 1.807) is 65.8 Å². The van der Waals surface area contributed by atoms with Crippen molar-refractivity contribution in [3.63, 3.8) is 0 Å². The van der Waals surface area contributed by atoms with Gasteiger partial charge in [-0.25, -0.2) is 0 Å². The molecule has 4 aromatic rings. The molecule has 180 valence electrons. The molecule has 0 aliphatic carbocycles. The Kier molecular flexibility index (Phi) is 7.25. The van der Waals surface area contributed by atoms with Gasteiger partial charge in [-0.1, -0.05) is 41.4 Å². The first kappa shape index (κ1) is 24.9. The minimum Gasteiger partial charge on any atom is -0.304 e. The number of halogens is 3. The summed E-state index contributed by atoms with van der Waals surface area (Å²) in [4.78, 5) is 23.5. The van der Waals surface area contributed by atoms with E-state index in [0.717, 1.165) is 11.1 Å². The number of benzene rings is 2. The molecule has 1 amide bonds. The van der Waals surface area contributed by atoms with Crippen molar-refractivity contribution in [2.75, 3.05) is 5.32 Å². The molecule has 2 aromatic heterocycles. The van der Waals surface area contributed by atoms with Gasteiger partial charge >= 0.3 is 5.69 Å². The highest BCUT2D eigenvalue weighted by atomic mass is 79.9. The standard InChI is InChI=1S/C23H19BrCl2N6O3/c1-13-21(32(34)35)14(2)31(28-13)11-15-3-6-17(7-4-15)23(33)27-22-18(24)12-30(29-22)10-16-5-8-19(25)20(26)9-16/h3-9,12H,10-11H2,1-2H3,(H,27,29,33). The van der Waals surface area contributed by atoms with Crippen molar-refractivity contribution >= 4 is 56.5 Å². The van der Waals surface area contributed by atoms with Gasteiger partial charge in [0.2, 0.25) is 0 Å². The van der Waals surface area contributed by atoms with Gasteiger partial charge in [-0.15, -0.1) is 0 Å². The fourth-order valence-electron chi connectivity index (χ4n) is 3.61. The summed E-state index contributed by atoms with van der Waals surface area (Å²) in [6.45, 7) is 4.08. The highest BCUT2D eigenvalue weighted by Crippen LogP contribution is 2.25. The molecular weight excluding hydrogens is 559 g/mol. The molecule has 9 nitrogen and oxygen atoms in total.